The highest BCUT2D eigenvalue weighted by Crippen LogP contribution is 2.11. The molecule has 0 bridgehead atoms. The summed E-state index contributed by atoms with van der Waals surface area (Å²) in [7, 11) is 0. The molecule has 0 amide bonds. The summed E-state index contributed by atoms with van der Waals surface area (Å²) >= 11 is 0. The van der Waals surface area contributed by atoms with Crippen LogP contribution in [0, 0.1) is 13.8 Å². The molecule has 88 valence electrons. The SMILES string of the molecule is Cc1cccc(-n2c(C)cc(CO)cc2=O)c1. The van der Waals surface area contributed by atoms with E-state index in [0.717, 1.165) is 16.9 Å². The van der Waals surface area contributed by atoms with Gasteiger partial charge in [0, 0.05) is 17.4 Å². The first-order valence-electron chi connectivity index (χ1n) is 5.52. The van der Waals surface area contributed by atoms with Gasteiger partial charge in [0.05, 0.1) is 6.61 Å². The molecule has 1 aromatic heterocycles. The first kappa shape index (κ1) is 11.6. The predicted octanol–water partition coefficient (Wildman–Crippen LogP) is 1.95. The lowest BCUT2D eigenvalue weighted by atomic mass is 10.2. The number of aliphatic hydroxyl groups excluding tert-OH is 1. The van der Waals surface area contributed by atoms with Crippen LogP contribution in [0.4, 0.5) is 0 Å². The maximum absolute atomic E-state index is 12.0. The number of hydrogen-bond donors (Lipinski definition) is 1. The van der Waals surface area contributed by atoms with Crippen molar-refractivity contribution >= 4 is 0 Å². The zero-order valence-electron chi connectivity index (χ0n) is 9.97. The van der Waals surface area contributed by atoms with E-state index in [-0.39, 0.29) is 12.2 Å². The Morgan fingerprint density at radius 3 is 2.53 bits per heavy atom. The highest BCUT2D eigenvalue weighted by Gasteiger charge is 2.05. The maximum atomic E-state index is 12.0. The molecule has 1 N–H and O–H groups in total. The van der Waals surface area contributed by atoms with Crippen molar-refractivity contribution in [1.29, 1.82) is 0 Å². The summed E-state index contributed by atoms with van der Waals surface area (Å²) in [6.45, 7) is 3.75. The normalized spacial score (nSPS) is 10.5. The van der Waals surface area contributed by atoms with Gasteiger partial charge in [0.1, 0.15) is 0 Å². The topological polar surface area (TPSA) is 42.2 Å². The molecule has 3 nitrogen and oxygen atoms in total. The van der Waals surface area contributed by atoms with Crippen LogP contribution in [-0.2, 0) is 6.61 Å². The number of aryl methyl sites for hydroxylation is 2. The third-order valence-corrected chi connectivity index (χ3v) is 2.72. The van der Waals surface area contributed by atoms with E-state index in [9.17, 15) is 4.79 Å². The Kier molecular flexibility index (Phi) is 3.11. The number of pyridine rings is 1. The van der Waals surface area contributed by atoms with Crippen molar-refractivity contribution in [2.45, 2.75) is 20.5 Å². The number of nitrogens with zero attached hydrogens (tertiary/aromatic N) is 1. The second-order valence-electron chi connectivity index (χ2n) is 4.18. The van der Waals surface area contributed by atoms with E-state index in [1.54, 1.807) is 4.57 Å². The quantitative estimate of drug-likeness (QED) is 0.855. The van der Waals surface area contributed by atoms with Crippen LogP contribution in [0.1, 0.15) is 16.8 Å². The van der Waals surface area contributed by atoms with Gasteiger partial charge in [0.15, 0.2) is 0 Å². The lowest BCUT2D eigenvalue weighted by Gasteiger charge is -2.11. The second kappa shape index (κ2) is 4.55. The van der Waals surface area contributed by atoms with Crippen molar-refractivity contribution in [2.24, 2.45) is 0 Å². The first-order chi connectivity index (χ1) is 8.11. The number of hydrogen-bond acceptors (Lipinski definition) is 2. The molecule has 0 fully saturated rings. The van der Waals surface area contributed by atoms with Crippen molar-refractivity contribution in [1.82, 2.24) is 4.57 Å². The van der Waals surface area contributed by atoms with Crippen LogP contribution in [0.15, 0.2) is 41.2 Å². The molecule has 2 rings (SSSR count). The molecule has 0 atom stereocenters. The van der Waals surface area contributed by atoms with Crippen molar-refractivity contribution in [3.63, 3.8) is 0 Å². The zero-order chi connectivity index (χ0) is 12.4. The molecule has 2 aromatic rings. The van der Waals surface area contributed by atoms with Gasteiger partial charge in [-0.25, -0.2) is 0 Å². The van der Waals surface area contributed by atoms with Gasteiger partial charge in [-0.1, -0.05) is 12.1 Å². The number of benzene rings is 1. The van der Waals surface area contributed by atoms with Crippen molar-refractivity contribution in [3.8, 4) is 5.69 Å². The molecule has 0 aliphatic rings. The number of aromatic nitrogens is 1. The zero-order valence-corrected chi connectivity index (χ0v) is 9.97. The Hall–Kier alpha value is -1.87. The van der Waals surface area contributed by atoms with Crippen LogP contribution in [0.5, 0.6) is 0 Å². The molecular weight excluding hydrogens is 214 g/mol. The van der Waals surface area contributed by atoms with E-state index < -0.39 is 0 Å². The molecule has 0 radical (unpaired) electrons. The third kappa shape index (κ3) is 2.29. The minimum absolute atomic E-state index is 0.106. The molecule has 1 heterocycles. The molecule has 17 heavy (non-hydrogen) atoms. The fourth-order valence-corrected chi connectivity index (χ4v) is 1.96. The molecule has 0 unspecified atom stereocenters. The fourth-order valence-electron chi connectivity index (χ4n) is 1.96. The van der Waals surface area contributed by atoms with E-state index in [1.807, 2.05) is 44.2 Å². The van der Waals surface area contributed by atoms with Gasteiger partial charge < -0.3 is 5.11 Å². The van der Waals surface area contributed by atoms with Gasteiger partial charge in [-0.15, -0.1) is 0 Å². The molecule has 1 aromatic carbocycles. The van der Waals surface area contributed by atoms with Gasteiger partial charge in [0.2, 0.25) is 0 Å². The van der Waals surface area contributed by atoms with Crippen LogP contribution in [-0.4, -0.2) is 9.67 Å². The van der Waals surface area contributed by atoms with Crippen LogP contribution >= 0.6 is 0 Å². The lowest BCUT2D eigenvalue weighted by Crippen LogP contribution is -2.20. The lowest BCUT2D eigenvalue weighted by molar-refractivity contribution is 0.281. The van der Waals surface area contributed by atoms with Gasteiger partial charge in [-0.2, -0.15) is 0 Å². The first-order valence-corrected chi connectivity index (χ1v) is 5.52. The molecule has 0 aliphatic heterocycles. The predicted molar refractivity (Wildman–Crippen MR) is 67.4 cm³/mol. The van der Waals surface area contributed by atoms with E-state index in [4.69, 9.17) is 5.11 Å². The molecule has 0 spiro atoms. The summed E-state index contributed by atoms with van der Waals surface area (Å²) in [5.41, 5.74) is 3.33. The number of aliphatic hydroxyl groups is 1. The molecule has 3 heteroatoms. The summed E-state index contributed by atoms with van der Waals surface area (Å²) in [6.07, 6.45) is 0. The third-order valence-electron chi connectivity index (χ3n) is 2.72. The van der Waals surface area contributed by atoms with Crippen LogP contribution in [0.2, 0.25) is 0 Å². The van der Waals surface area contributed by atoms with Crippen molar-refractivity contribution < 1.29 is 5.11 Å². The van der Waals surface area contributed by atoms with Gasteiger partial charge in [0.25, 0.3) is 5.56 Å². The molecular formula is C14H15NO2. The van der Waals surface area contributed by atoms with E-state index >= 15 is 0 Å². The summed E-state index contributed by atoms with van der Waals surface area (Å²) in [4.78, 5) is 12.0. The highest BCUT2D eigenvalue weighted by atomic mass is 16.3. The summed E-state index contributed by atoms with van der Waals surface area (Å²) in [5.74, 6) is 0. The van der Waals surface area contributed by atoms with Crippen LogP contribution < -0.4 is 5.56 Å². The number of rotatable bonds is 2. The monoisotopic (exact) mass is 229 g/mol. The van der Waals surface area contributed by atoms with Crippen molar-refractivity contribution in [3.05, 3.63) is 63.6 Å². The van der Waals surface area contributed by atoms with E-state index in [2.05, 4.69) is 0 Å². The van der Waals surface area contributed by atoms with Gasteiger partial charge in [-0.3, -0.25) is 9.36 Å². The molecule has 0 saturated heterocycles. The second-order valence-corrected chi connectivity index (χ2v) is 4.18. The van der Waals surface area contributed by atoms with Gasteiger partial charge in [-0.05, 0) is 43.2 Å². The Balaban J connectivity index is 2.64. The Morgan fingerprint density at radius 1 is 1.18 bits per heavy atom. The fraction of sp³-hybridized carbons (Fsp3) is 0.214. The summed E-state index contributed by atoms with van der Waals surface area (Å²) in [5, 5.41) is 9.04. The maximum Gasteiger partial charge on any atom is 0.255 e. The van der Waals surface area contributed by atoms with E-state index in [0.29, 0.717) is 5.56 Å². The minimum Gasteiger partial charge on any atom is -0.392 e. The minimum atomic E-state index is -0.111. The Labute approximate surface area is 100.0 Å². The smallest absolute Gasteiger partial charge is 0.255 e. The van der Waals surface area contributed by atoms with Crippen LogP contribution in [0.3, 0.4) is 0 Å². The largest absolute Gasteiger partial charge is 0.392 e. The summed E-state index contributed by atoms with van der Waals surface area (Å²) in [6, 6.07) is 11.1. The average molecular weight is 229 g/mol. The Morgan fingerprint density at radius 2 is 1.94 bits per heavy atom. The molecule has 0 aliphatic carbocycles. The molecule has 0 saturated carbocycles. The average Bonchev–Trinajstić information content (AvgIpc) is 2.28. The summed E-state index contributed by atoms with van der Waals surface area (Å²) < 4.78 is 1.64. The standard InChI is InChI=1S/C14H15NO2/c1-10-4-3-5-13(6-10)15-11(2)7-12(9-16)8-14(15)17/h3-8,16H,9H2,1-2H3. The van der Waals surface area contributed by atoms with Crippen molar-refractivity contribution in [2.75, 3.05) is 0 Å². The van der Waals surface area contributed by atoms with E-state index in [1.165, 1.54) is 6.07 Å². The Bertz CT molecular complexity index is 599. The highest BCUT2D eigenvalue weighted by molar-refractivity contribution is 5.38. The van der Waals surface area contributed by atoms with Crippen LogP contribution in [0.25, 0.3) is 5.69 Å². The van der Waals surface area contributed by atoms with Gasteiger partial charge >= 0.3 is 0 Å².